The maximum absolute atomic E-state index is 12.1. The van der Waals surface area contributed by atoms with Gasteiger partial charge in [0.2, 0.25) is 0 Å². The summed E-state index contributed by atoms with van der Waals surface area (Å²) in [5, 5.41) is 10.8. The van der Waals surface area contributed by atoms with E-state index in [-0.39, 0.29) is 16.8 Å². The standard InChI is InChI=1S/C20H21ClN6O2/c1-11-5-3-4-6-13(11)12(2)27-15-7-8-26(10-14(15)18(25-27)19(22)28)16-9-23-24-20(29)17(16)21/h3-6,9,12H,7-8,10H2,1-2H3,(H2,22,28)(H,24,29)/t12-/m1/s1. The number of nitrogens with two attached hydrogens (primary N) is 1. The van der Waals surface area contributed by atoms with Gasteiger partial charge in [-0.05, 0) is 25.0 Å². The maximum atomic E-state index is 12.1. The van der Waals surface area contributed by atoms with Gasteiger partial charge in [-0.2, -0.15) is 10.2 Å². The van der Waals surface area contributed by atoms with Gasteiger partial charge in [0.15, 0.2) is 5.69 Å². The summed E-state index contributed by atoms with van der Waals surface area (Å²) in [5.41, 5.74) is 9.98. The fourth-order valence-corrected chi connectivity index (χ4v) is 4.16. The fraction of sp³-hybridized carbons (Fsp3) is 0.300. The Balaban J connectivity index is 1.77. The summed E-state index contributed by atoms with van der Waals surface area (Å²) in [6.45, 7) is 5.10. The van der Waals surface area contributed by atoms with Crippen molar-refractivity contribution in [2.24, 2.45) is 5.73 Å². The van der Waals surface area contributed by atoms with Gasteiger partial charge in [0.05, 0.1) is 17.9 Å². The van der Waals surface area contributed by atoms with E-state index < -0.39 is 11.5 Å². The van der Waals surface area contributed by atoms with Crippen molar-refractivity contribution in [2.45, 2.75) is 32.9 Å². The molecule has 0 spiro atoms. The first-order valence-electron chi connectivity index (χ1n) is 9.32. The molecule has 0 unspecified atom stereocenters. The van der Waals surface area contributed by atoms with Crippen LogP contribution >= 0.6 is 11.6 Å². The highest BCUT2D eigenvalue weighted by molar-refractivity contribution is 6.33. The monoisotopic (exact) mass is 412 g/mol. The average molecular weight is 413 g/mol. The number of hydrogen-bond donors (Lipinski definition) is 2. The molecule has 0 saturated heterocycles. The first-order valence-corrected chi connectivity index (χ1v) is 9.70. The van der Waals surface area contributed by atoms with Crippen molar-refractivity contribution in [3.63, 3.8) is 0 Å². The third-order valence-corrected chi connectivity index (χ3v) is 5.81. The number of hydrogen-bond acceptors (Lipinski definition) is 5. The Hall–Kier alpha value is -3.13. The van der Waals surface area contributed by atoms with Crippen LogP contribution in [0.5, 0.6) is 0 Å². The molecule has 1 aliphatic rings. The molecule has 1 aliphatic heterocycles. The van der Waals surface area contributed by atoms with Gasteiger partial charge in [-0.3, -0.25) is 14.3 Å². The molecule has 3 heterocycles. The number of nitrogens with one attached hydrogen (secondary N) is 1. The van der Waals surface area contributed by atoms with Crippen molar-refractivity contribution in [2.75, 3.05) is 11.4 Å². The van der Waals surface area contributed by atoms with Crippen molar-refractivity contribution in [1.29, 1.82) is 0 Å². The number of benzene rings is 1. The van der Waals surface area contributed by atoms with Crippen molar-refractivity contribution >= 4 is 23.2 Å². The first-order chi connectivity index (χ1) is 13.9. The molecular weight excluding hydrogens is 392 g/mol. The number of halogens is 1. The van der Waals surface area contributed by atoms with Crippen LogP contribution in [-0.4, -0.2) is 32.4 Å². The van der Waals surface area contributed by atoms with Crippen LogP contribution in [0.15, 0.2) is 35.3 Å². The molecule has 9 heteroatoms. The van der Waals surface area contributed by atoms with E-state index in [9.17, 15) is 9.59 Å². The zero-order valence-electron chi connectivity index (χ0n) is 16.1. The van der Waals surface area contributed by atoms with Crippen LogP contribution < -0.4 is 16.2 Å². The summed E-state index contributed by atoms with van der Waals surface area (Å²) < 4.78 is 1.90. The lowest BCUT2D eigenvalue weighted by Crippen LogP contribution is -2.33. The summed E-state index contributed by atoms with van der Waals surface area (Å²) in [5.74, 6) is -0.575. The minimum atomic E-state index is -0.575. The van der Waals surface area contributed by atoms with E-state index in [1.165, 1.54) is 6.20 Å². The van der Waals surface area contributed by atoms with Crippen LogP contribution in [0.2, 0.25) is 5.02 Å². The number of amides is 1. The second-order valence-corrected chi connectivity index (χ2v) is 7.56. The quantitative estimate of drug-likeness (QED) is 0.682. The number of rotatable bonds is 4. The highest BCUT2D eigenvalue weighted by Crippen LogP contribution is 2.32. The number of carbonyl (C=O) groups excluding carboxylic acids is 1. The van der Waals surface area contributed by atoms with Gasteiger partial charge in [-0.15, -0.1) is 0 Å². The summed E-state index contributed by atoms with van der Waals surface area (Å²) in [7, 11) is 0. The maximum Gasteiger partial charge on any atom is 0.285 e. The Morgan fingerprint density at radius 1 is 1.34 bits per heavy atom. The second-order valence-electron chi connectivity index (χ2n) is 7.19. The Bertz CT molecular complexity index is 1150. The van der Waals surface area contributed by atoms with E-state index in [4.69, 9.17) is 17.3 Å². The number of carbonyl (C=O) groups is 1. The number of fused-ring (bicyclic) bond motifs is 1. The molecule has 0 saturated carbocycles. The molecule has 1 atom stereocenters. The molecule has 8 nitrogen and oxygen atoms in total. The molecule has 0 bridgehead atoms. The highest BCUT2D eigenvalue weighted by atomic mass is 35.5. The number of H-pyrrole nitrogens is 1. The molecule has 2 aromatic heterocycles. The number of anilines is 1. The largest absolute Gasteiger partial charge is 0.364 e. The SMILES string of the molecule is Cc1ccccc1[C@@H](C)n1nc(C(N)=O)c2c1CCN(c1cn[nH]c(=O)c1Cl)C2. The van der Waals surface area contributed by atoms with Crippen molar-refractivity contribution in [3.8, 4) is 0 Å². The van der Waals surface area contributed by atoms with Crippen molar-refractivity contribution < 1.29 is 4.79 Å². The predicted molar refractivity (Wildman–Crippen MR) is 110 cm³/mol. The fourth-order valence-electron chi connectivity index (χ4n) is 3.95. The lowest BCUT2D eigenvalue weighted by molar-refractivity contribution is 0.0993. The summed E-state index contributed by atoms with van der Waals surface area (Å²) in [6.07, 6.45) is 2.15. The summed E-state index contributed by atoms with van der Waals surface area (Å²) in [4.78, 5) is 25.8. The lowest BCUT2D eigenvalue weighted by atomic mass is 10.0. The molecular formula is C20H21ClN6O2. The highest BCUT2D eigenvalue weighted by Gasteiger charge is 2.30. The molecule has 29 heavy (non-hydrogen) atoms. The number of aromatic nitrogens is 4. The Kier molecular flexibility index (Phi) is 4.87. The Labute approximate surface area is 172 Å². The molecule has 0 radical (unpaired) electrons. The zero-order valence-corrected chi connectivity index (χ0v) is 16.9. The minimum absolute atomic E-state index is 0.0468. The molecule has 0 fully saturated rings. The molecule has 1 aromatic carbocycles. The van der Waals surface area contributed by atoms with E-state index in [1.54, 1.807) is 0 Å². The van der Waals surface area contributed by atoms with Crippen LogP contribution in [0.1, 0.15) is 45.8 Å². The van der Waals surface area contributed by atoms with E-state index in [0.29, 0.717) is 25.2 Å². The molecule has 0 aliphatic carbocycles. The topological polar surface area (TPSA) is 110 Å². The van der Waals surface area contributed by atoms with E-state index >= 15 is 0 Å². The minimum Gasteiger partial charge on any atom is -0.364 e. The van der Waals surface area contributed by atoms with E-state index in [0.717, 1.165) is 22.4 Å². The summed E-state index contributed by atoms with van der Waals surface area (Å²) in [6, 6.07) is 8.06. The van der Waals surface area contributed by atoms with Crippen LogP contribution in [0.4, 0.5) is 5.69 Å². The first kappa shape index (κ1) is 19.2. The predicted octanol–water partition coefficient (Wildman–Crippen LogP) is 2.20. The number of aryl methyl sites for hydroxylation is 1. The smallest absolute Gasteiger partial charge is 0.285 e. The van der Waals surface area contributed by atoms with Gasteiger partial charge in [-0.25, -0.2) is 5.10 Å². The number of nitrogens with zero attached hydrogens (tertiary/aromatic N) is 4. The third-order valence-electron chi connectivity index (χ3n) is 5.44. The van der Waals surface area contributed by atoms with Crippen LogP contribution in [0.25, 0.3) is 0 Å². The third kappa shape index (κ3) is 3.29. The molecule has 4 rings (SSSR count). The number of primary amides is 1. The molecule has 1 amide bonds. The van der Waals surface area contributed by atoms with Gasteiger partial charge < -0.3 is 10.6 Å². The normalized spacial score (nSPS) is 14.5. The Morgan fingerprint density at radius 3 is 2.83 bits per heavy atom. The van der Waals surface area contributed by atoms with Crippen molar-refractivity contribution in [3.05, 3.63) is 73.9 Å². The van der Waals surface area contributed by atoms with E-state index in [1.807, 2.05) is 21.7 Å². The Morgan fingerprint density at radius 2 is 2.10 bits per heavy atom. The van der Waals surface area contributed by atoms with E-state index in [2.05, 4.69) is 41.3 Å². The zero-order chi connectivity index (χ0) is 20.7. The lowest BCUT2D eigenvalue weighted by Gasteiger charge is -2.30. The second kappa shape index (κ2) is 7.36. The van der Waals surface area contributed by atoms with Gasteiger partial charge in [0.25, 0.3) is 11.5 Å². The molecule has 3 aromatic rings. The number of aromatic amines is 1. The van der Waals surface area contributed by atoms with Crippen LogP contribution in [-0.2, 0) is 13.0 Å². The van der Waals surface area contributed by atoms with Gasteiger partial charge in [0.1, 0.15) is 5.02 Å². The molecule has 150 valence electrons. The average Bonchev–Trinajstić information content (AvgIpc) is 3.09. The summed E-state index contributed by atoms with van der Waals surface area (Å²) >= 11 is 6.17. The van der Waals surface area contributed by atoms with Crippen LogP contribution in [0.3, 0.4) is 0 Å². The van der Waals surface area contributed by atoms with Gasteiger partial charge >= 0.3 is 0 Å². The molecule has 3 N–H and O–H groups in total. The van der Waals surface area contributed by atoms with Crippen LogP contribution in [0, 0.1) is 6.92 Å². The van der Waals surface area contributed by atoms with Gasteiger partial charge in [-0.1, -0.05) is 35.9 Å². The van der Waals surface area contributed by atoms with Gasteiger partial charge in [0, 0.05) is 30.8 Å². The van der Waals surface area contributed by atoms with Crippen molar-refractivity contribution in [1.82, 2.24) is 20.0 Å².